The van der Waals surface area contributed by atoms with Gasteiger partial charge in [0.05, 0.1) is 17.9 Å². The lowest BCUT2D eigenvalue weighted by Gasteiger charge is -2.18. The number of aliphatic imine (C=N–C) groups is 1. The standard InChI is InChI=1S/C22H30N6O/c1-6-23-21(25-15-20-24-14-19(29-20)22(3,4)5)27-16(2)17-9-7-10-18(13-17)28-12-8-11-26-28/h7-14,16H,6,15H2,1-5H3,(H2,23,25,27). The minimum absolute atomic E-state index is 0.0637. The van der Waals surface area contributed by atoms with E-state index >= 15 is 0 Å². The van der Waals surface area contributed by atoms with Gasteiger partial charge in [-0.3, -0.25) is 0 Å². The van der Waals surface area contributed by atoms with E-state index in [1.165, 1.54) is 0 Å². The molecule has 0 saturated carbocycles. The molecule has 29 heavy (non-hydrogen) atoms. The van der Waals surface area contributed by atoms with Crippen molar-refractivity contribution < 1.29 is 4.42 Å². The molecule has 0 fully saturated rings. The molecule has 3 aromatic rings. The van der Waals surface area contributed by atoms with Crippen LogP contribution in [0.1, 0.15) is 57.9 Å². The highest BCUT2D eigenvalue weighted by Crippen LogP contribution is 2.23. The Balaban J connectivity index is 1.70. The molecular formula is C22H30N6O. The number of oxazole rings is 1. The van der Waals surface area contributed by atoms with Gasteiger partial charge in [0.1, 0.15) is 12.3 Å². The van der Waals surface area contributed by atoms with Gasteiger partial charge in [0.2, 0.25) is 5.89 Å². The normalized spacial score (nSPS) is 13.3. The third kappa shape index (κ3) is 5.47. The number of guanidine groups is 1. The van der Waals surface area contributed by atoms with Gasteiger partial charge in [-0.25, -0.2) is 14.7 Å². The summed E-state index contributed by atoms with van der Waals surface area (Å²) < 4.78 is 7.69. The van der Waals surface area contributed by atoms with E-state index in [0.29, 0.717) is 12.4 Å². The van der Waals surface area contributed by atoms with Crippen LogP contribution in [0, 0.1) is 0 Å². The average molecular weight is 395 g/mol. The third-order valence-corrected chi connectivity index (χ3v) is 4.50. The maximum atomic E-state index is 5.84. The molecule has 2 N–H and O–H groups in total. The summed E-state index contributed by atoms with van der Waals surface area (Å²) in [7, 11) is 0. The first kappa shape index (κ1) is 20.6. The van der Waals surface area contributed by atoms with E-state index in [4.69, 9.17) is 4.42 Å². The van der Waals surface area contributed by atoms with Crippen molar-refractivity contribution in [3.63, 3.8) is 0 Å². The van der Waals surface area contributed by atoms with Gasteiger partial charge < -0.3 is 15.1 Å². The molecule has 0 aliphatic carbocycles. The van der Waals surface area contributed by atoms with Crippen molar-refractivity contribution >= 4 is 5.96 Å². The number of benzene rings is 1. The molecular weight excluding hydrogens is 364 g/mol. The SMILES string of the molecule is CCNC(=NCc1ncc(C(C)(C)C)o1)NC(C)c1cccc(-n2cccn2)c1. The molecule has 154 valence electrons. The molecule has 0 spiro atoms. The predicted octanol–water partition coefficient (Wildman–Crippen LogP) is 3.97. The summed E-state index contributed by atoms with van der Waals surface area (Å²) in [5.41, 5.74) is 2.11. The highest BCUT2D eigenvalue weighted by atomic mass is 16.4. The lowest BCUT2D eigenvalue weighted by Crippen LogP contribution is -2.38. The molecule has 0 aliphatic heterocycles. The zero-order valence-corrected chi connectivity index (χ0v) is 17.8. The molecule has 2 heterocycles. The van der Waals surface area contributed by atoms with Crippen LogP contribution in [0.5, 0.6) is 0 Å². The Morgan fingerprint density at radius 2 is 2.10 bits per heavy atom. The molecule has 1 unspecified atom stereocenters. The maximum Gasteiger partial charge on any atom is 0.216 e. The lowest BCUT2D eigenvalue weighted by atomic mass is 9.94. The van der Waals surface area contributed by atoms with E-state index in [0.717, 1.165) is 29.5 Å². The van der Waals surface area contributed by atoms with E-state index in [2.05, 4.69) is 65.5 Å². The monoisotopic (exact) mass is 394 g/mol. The van der Waals surface area contributed by atoms with Crippen molar-refractivity contribution in [3.8, 4) is 5.69 Å². The molecule has 2 aromatic heterocycles. The molecule has 0 bridgehead atoms. The van der Waals surface area contributed by atoms with Crippen LogP contribution in [0.25, 0.3) is 5.69 Å². The minimum atomic E-state index is -0.0637. The first-order chi connectivity index (χ1) is 13.9. The van der Waals surface area contributed by atoms with Crippen molar-refractivity contribution in [3.05, 3.63) is 66.1 Å². The summed E-state index contributed by atoms with van der Waals surface area (Å²) in [6, 6.07) is 10.3. The quantitative estimate of drug-likeness (QED) is 0.488. The molecule has 3 rings (SSSR count). The second-order valence-electron chi connectivity index (χ2n) is 7.98. The van der Waals surface area contributed by atoms with Crippen molar-refractivity contribution in [1.82, 2.24) is 25.4 Å². The van der Waals surface area contributed by atoms with Gasteiger partial charge in [-0.15, -0.1) is 0 Å². The lowest BCUT2D eigenvalue weighted by molar-refractivity contribution is 0.383. The van der Waals surface area contributed by atoms with Crippen LogP contribution in [0.4, 0.5) is 0 Å². The fourth-order valence-electron chi connectivity index (χ4n) is 2.84. The Bertz CT molecular complexity index is 936. The number of nitrogens with one attached hydrogen (secondary N) is 2. The molecule has 0 aliphatic rings. The Morgan fingerprint density at radius 1 is 1.28 bits per heavy atom. The second-order valence-corrected chi connectivity index (χ2v) is 7.98. The van der Waals surface area contributed by atoms with Gasteiger partial charge in [0.25, 0.3) is 0 Å². The number of hydrogen-bond donors (Lipinski definition) is 2. The van der Waals surface area contributed by atoms with Crippen LogP contribution in [-0.4, -0.2) is 27.3 Å². The molecule has 0 amide bonds. The Labute approximate surface area is 172 Å². The number of aromatic nitrogens is 3. The smallest absolute Gasteiger partial charge is 0.216 e. The Morgan fingerprint density at radius 3 is 2.76 bits per heavy atom. The maximum absolute atomic E-state index is 5.84. The van der Waals surface area contributed by atoms with Crippen molar-refractivity contribution in [2.75, 3.05) is 6.54 Å². The topological polar surface area (TPSA) is 80.3 Å². The summed E-state index contributed by atoms with van der Waals surface area (Å²) in [6.45, 7) is 11.6. The summed E-state index contributed by atoms with van der Waals surface area (Å²) in [4.78, 5) is 8.99. The molecule has 0 saturated heterocycles. The summed E-state index contributed by atoms with van der Waals surface area (Å²) in [5, 5.41) is 11.0. The van der Waals surface area contributed by atoms with Gasteiger partial charge in [-0.05, 0) is 37.6 Å². The zero-order valence-electron chi connectivity index (χ0n) is 17.8. The van der Waals surface area contributed by atoms with Crippen LogP contribution in [-0.2, 0) is 12.0 Å². The van der Waals surface area contributed by atoms with Gasteiger partial charge in [0, 0.05) is 24.4 Å². The van der Waals surface area contributed by atoms with E-state index in [1.54, 1.807) is 12.4 Å². The van der Waals surface area contributed by atoms with Crippen LogP contribution < -0.4 is 10.6 Å². The fourth-order valence-corrected chi connectivity index (χ4v) is 2.84. The van der Waals surface area contributed by atoms with Crippen molar-refractivity contribution in [1.29, 1.82) is 0 Å². The number of rotatable bonds is 6. The zero-order chi connectivity index (χ0) is 20.9. The van der Waals surface area contributed by atoms with Crippen molar-refractivity contribution in [2.24, 2.45) is 4.99 Å². The predicted molar refractivity (Wildman–Crippen MR) is 115 cm³/mol. The average Bonchev–Trinajstić information content (AvgIpc) is 3.38. The summed E-state index contributed by atoms with van der Waals surface area (Å²) >= 11 is 0. The first-order valence-electron chi connectivity index (χ1n) is 9.97. The number of nitrogens with zero attached hydrogens (tertiary/aromatic N) is 4. The summed E-state index contributed by atoms with van der Waals surface area (Å²) in [5.74, 6) is 2.20. The Kier molecular flexibility index (Phi) is 6.36. The largest absolute Gasteiger partial charge is 0.443 e. The highest BCUT2D eigenvalue weighted by molar-refractivity contribution is 5.80. The van der Waals surface area contributed by atoms with Gasteiger partial charge in [-0.2, -0.15) is 5.10 Å². The van der Waals surface area contributed by atoms with E-state index < -0.39 is 0 Å². The number of hydrogen-bond acceptors (Lipinski definition) is 4. The molecule has 1 aromatic carbocycles. The van der Waals surface area contributed by atoms with E-state index in [1.807, 2.05) is 36.0 Å². The van der Waals surface area contributed by atoms with E-state index in [-0.39, 0.29) is 11.5 Å². The summed E-state index contributed by atoms with van der Waals surface area (Å²) in [6.07, 6.45) is 5.50. The molecule has 1 atom stereocenters. The van der Waals surface area contributed by atoms with Crippen LogP contribution >= 0.6 is 0 Å². The van der Waals surface area contributed by atoms with E-state index in [9.17, 15) is 0 Å². The van der Waals surface area contributed by atoms with Gasteiger partial charge in [-0.1, -0.05) is 32.9 Å². The van der Waals surface area contributed by atoms with Crippen LogP contribution in [0.3, 0.4) is 0 Å². The minimum Gasteiger partial charge on any atom is -0.443 e. The second kappa shape index (κ2) is 8.94. The molecule has 0 radical (unpaired) electrons. The van der Waals surface area contributed by atoms with Crippen molar-refractivity contribution in [2.45, 2.75) is 52.6 Å². The van der Waals surface area contributed by atoms with Crippen LogP contribution in [0.2, 0.25) is 0 Å². The first-order valence-corrected chi connectivity index (χ1v) is 9.97. The molecule has 7 heteroatoms. The van der Waals surface area contributed by atoms with Gasteiger partial charge in [0.15, 0.2) is 5.96 Å². The molecule has 7 nitrogen and oxygen atoms in total. The highest BCUT2D eigenvalue weighted by Gasteiger charge is 2.19. The third-order valence-electron chi connectivity index (χ3n) is 4.50. The van der Waals surface area contributed by atoms with Gasteiger partial charge >= 0.3 is 0 Å². The fraction of sp³-hybridized carbons (Fsp3) is 0.409. The van der Waals surface area contributed by atoms with Crippen LogP contribution in [0.15, 0.2) is 58.3 Å². The Hall–Kier alpha value is -3.09.